The lowest BCUT2D eigenvalue weighted by Gasteiger charge is -2.34. The molecule has 5 nitrogen and oxygen atoms in total. The van der Waals surface area contributed by atoms with E-state index in [1.165, 1.54) is 0 Å². The number of hydrogen-bond acceptors (Lipinski definition) is 3. The molecule has 1 atom stereocenters. The first-order valence-corrected chi connectivity index (χ1v) is 9.39. The molecule has 0 radical (unpaired) electrons. The molecule has 0 N–H and O–H groups in total. The first-order chi connectivity index (χ1) is 12.0. The zero-order chi connectivity index (χ0) is 17.8. The number of carbonyl (C=O) groups excluding carboxylic acids is 2. The fourth-order valence-electron chi connectivity index (χ4n) is 3.52. The van der Waals surface area contributed by atoms with Gasteiger partial charge in [0.15, 0.2) is 6.61 Å². The summed E-state index contributed by atoms with van der Waals surface area (Å²) < 4.78 is 5.55. The van der Waals surface area contributed by atoms with Gasteiger partial charge < -0.3 is 14.5 Å². The van der Waals surface area contributed by atoms with Crippen molar-refractivity contribution in [2.45, 2.75) is 38.6 Å². The number of benzene rings is 1. The summed E-state index contributed by atoms with van der Waals surface area (Å²) in [7, 11) is 0. The largest absolute Gasteiger partial charge is 0.484 e. The van der Waals surface area contributed by atoms with Gasteiger partial charge in [-0.2, -0.15) is 0 Å². The molecule has 1 aromatic carbocycles. The number of halogens is 1. The van der Waals surface area contributed by atoms with Gasteiger partial charge in [-0.1, -0.05) is 18.5 Å². The van der Waals surface area contributed by atoms with Crippen LogP contribution < -0.4 is 4.74 Å². The van der Waals surface area contributed by atoms with Crippen LogP contribution in [0.15, 0.2) is 24.3 Å². The number of hydrogen-bond donors (Lipinski definition) is 0. The minimum atomic E-state index is -0.324. The van der Waals surface area contributed by atoms with Gasteiger partial charge in [-0.3, -0.25) is 9.59 Å². The molecule has 2 aliphatic rings. The fraction of sp³-hybridized carbons (Fsp3) is 0.579. The molecule has 2 fully saturated rings. The van der Waals surface area contributed by atoms with Gasteiger partial charge in [0.05, 0.1) is 0 Å². The maximum Gasteiger partial charge on any atom is 0.261 e. The lowest BCUT2D eigenvalue weighted by atomic mass is 9.98. The molecule has 2 aliphatic heterocycles. The normalized spacial score (nSPS) is 21.4. The van der Waals surface area contributed by atoms with Crippen molar-refractivity contribution in [2.75, 3.05) is 26.2 Å². The lowest BCUT2D eigenvalue weighted by Crippen LogP contribution is -2.50. The van der Waals surface area contributed by atoms with Gasteiger partial charge in [0.1, 0.15) is 11.8 Å². The second-order valence-corrected chi connectivity index (χ2v) is 7.43. The van der Waals surface area contributed by atoms with Gasteiger partial charge in [-0.05, 0) is 55.9 Å². The summed E-state index contributed by atoms with van der Waals surface area (Å²) in [6, 6.07) is 6.59. The minimum absolute atomic E-state index is 0.0531. The number of ether oxygens (including phenoxy) is 1. The van der Waals surface area contributed by atoms with Gasteiger partial charge in [-0.25, -0.2) is 0 Å². The van der Waals surface area contributed by atoms with Crippen molar-refractivity contribution in [3.05, 3.63) is 29.3 Å². The molecule has 1 aromatic rings. The van der Waals surface area contributed by atoms with Gasteiger partial charge in [-0.15, -0.1) is 0 Å². The molecule has 6 heteroatoms. The summed E-state index contributed by atoms with van der Waals surface area (Å²) in [6.45, 7) is 4.41. The number of nitrogens with zero attached hydrogens (tertiary/aromatic N) is 2. The van der Waals surface area contributed by atoms with Crippen molar-refractivity contribution < 1.29 is 14.3 Å². The predicted octanol–water partition coefficient (Wildman–Crippen LogP) is 2.97. The van der Waals surface area contributed by atoms with Gasteiger partial charge in [0.2, 0.25) is 5.91 Å². The maximum absolute atomic E-state index is 12.8. The summed E-state index contributed by atoms with van der Waals surface area (Å²) in [5.41, 5.74) is 0. The minimum Gasteiger partial charge on any atom is -0.484 e. The second-order valence-electron chi connectivity index (χ2n) is 7.00. The molecule has 25 heavy (non-hydrogen) atoms. The number of carbonyl (C=O) groups is 2. The predicted molar refractivity (Wildman–Crippen MR) is 96.7 cm³/mol. The van der Waals surface area contributed by atoms with E-state index in [4.69, 9.17) is 16.3 Å². The third-order valence-corrected chi connectivity index (χ3v) is 5.38. The quantitative estimate of drug-likeness (QED) is 0.825. The Kier molecular flexibility index (Phi) is 5.84. The van der Waals surface area contributed by atoms with Crippen LogP contribution in [0.3, 0.4) is 0 Å². The molecule has 2 saturated heterocycles. The first-order valence-electron chi connectivity index (χ1n) is 9.01. The highest BCUT2D eigenvalue weighted by molar-refractivity contribution is 6.30. The number of piperidine rings is 1. The zero-order valence-corrected chi connectivity index (χ0v) is 15.4. The van der Waals surface area contributed by atoms with Crippen molar-refractivity contribution >= 4 is 23.4 Å². The number of rotatable bonds is 4. The summed E-state index contributed by atoms with van der Waals surface area (Å²) in [5, 5.41) is 0.625. The van der Waals surface area contributed by atoms with Crippen LogP contribution in [0.25, 0.3) is 0 Å². The maximum atomic E-state index is 12.8. The first kappa shape index (κ1) is 18.1. The summed E-state index contributed by atoms with van der Waals surface area (Å²) in [4.78, 5) is 29.0. The fourth-order valence-corrected chi connectivity index (χ4v) is 3.65. The van der Waals surface area contributed by atoms with Crippen molar-refractivity contribution in [3.63, 3.8) is 0 Å². The summed E-state index contributed by atoms with van der Waals surface area (Å²) in [5.74, 6) is 1.25. The van der Waals surface area contributed by atoms with E-state index in [-0.39, 0.29) is 24.5 Å². The van der Waals surface area contributed by atoms with Gasteiger partial charge in [0.25, 0.3) is 5.91 Å². The lowest BCUT2D eigenvalue weighted by molar-refractivity contribution is -0.145. The Hall–Kier alpha value is -1.75. The van der Waals surface area contributed by atoms with Crippen molar-refractivity contribution in [3.8, 4) is 5.75 Å². The molecular weight excluding hydrogens is 340 g/mol. The molecule has 0 aliphatic carbocycles. The number of amides is 2. The monoisotopic (exact) mass is 364 g/mol. The van der Waals surface area contributed by atoms with Crippen LogP contribution in [-0.2, 0) is 9.59 Å². The Bertz CT molecular complexity index is 612. The topological polar surface area (TPSA) is 49.9 Å². The van der Waals surface area contributed by atoms with E-state index in [0.717, 1.165) is 38.8 Å². The van der Waals surface area contributed by atoms with Crippen molar-refractivity contribution in [2.24, 2.45) is 5.92 Å². The third-order valence-electron chi connectivity index (χ3n) is 5.13. The molecule has 0 aromatic heterocycles. The van der Waals surface area contributed by atoms with Crippen LogP contribution in [0, 0.1) is 5.92 Å². The van der Waals surface area contributed by atoms with E-state index in [0.29, 0.717) is 23.2 Å². The molecule has 2 amide bonds. The van der Waals surface area contributed by atoms with Crippen molar-refractivity contribution in [1.29, 1.82) is 0 Å². The summed E-state index contributed by atoms with van der Waals surface area (Å²) >= 11 is 5.84. The highest BCUT2D eigenvalue weighted by Crippen LogP contribution is 2.23. The van der Waals surface area contributed by atoms with E-state index in [1.54, 1.807) is 29.2 Å². The zero-order valence-electron chi connectivity index (χ0n) is 14.6. The standard InChI is InChI=1S/C19H25ClN2O3/c1-14-8-11-21(12-9-14)19(24)17-3-2-10-22(17)18(23)13-25-16-6-4-15(20)5-7-16/h4-7,14,17H,2-3,8-13H2,1H3/t17-/m0/s1. The highest BCUT2D eigenvalue weighted by atomic mass is 35.5. The average Bonchev–Trinajstić information content (AvgIpc) is 3.11. The molecule has 0 bridgehead atoms. The van der Waals surface area contributed by atoms with E-state index in [1.807, 2.05) is 4.90 Å². The summed E-state index contributed by atoms with van der Waals surface area (Å²) in [6.07, 6.45) is 3.71. The highest BCUT2D eigenvalue weighted by Gasteiger charge is 2.37. The SMILES string of the molecule is CC1CCN(C(=O)[C@@H]2CCCN2C(=O)COc2ccc(Cl)cc2)CC1. The van der Waals surface area contributed by atoms with Crippen LogP contribution >= 0.6 is 11.6 Å². The molecule has 2 heterocycles. The van der Waals surface area contributed by atoms with Crippen LogP contribution in [0.2, 0.25) is 5.02 Å². The molecule has 3 rings (SSSR count). The second kappa shape index (κ2) is 8.09. The van der Waals surface area contributed by atoms with E-state index in [9.17, 15) is 9.59 Å². The average molecular weight is 365 g/mol. The van der Waals surface area contributed by atoms with Crippen LogP contribution in [0.5, 0.6) is 5.75 Å². The molecule has 136 valence electrons. The Morgan fingerprint density at radius 3 is 2.48 bits per heavy atom. The number of likely N-dealkylation sites (tertiary alicyclic amines) is 2. The van der Waals surface area contributed by atoms with Gasteiger partial charge in [0, 0.05) is 24.7 Å². The van der Waals surface area contributed by atoms with E-state index < -0.39 is 0 Å². The van der Waals surface area contributed by atoms with Gasteiger partial charge >= 0.3 is 0 Å². The Labute approximate surface area is 153 Å². The van der Waals surface area contributed by atoms with Crippen LogP contribution in [0.4, 0.5) is 0 Å². The molecular formula is C19H25ClN2O3. The van der Waals surface area contributed by atoms with Crippen molar-refractivity contribution in [1.82, 2.24) is 9.80 Å². The molecule has 0 spiro atoms. The Morgan fingerprint density at radius 2 is 1.80 bits per heavy atom. The smallest absolute Gasteiger partial charge is 0.261 e. The van der Waals surface area contributed by atoms with Crippen LogP contribution in [0.1, 0.15) is 32.6 Å². The molecule has 0 saturated carbocycles. The Morgan fingerprint density at radius 1 is 1.12 bits per heavy atom. The molecule has 0 unspecified atom stereocenters. The van der Waals surface area contributed by atoms with Crippen LogP contribution in [-0.4, -0.2) is 53.9 Å². The Balaban J connectivity index is 1.55. The van der Waals surface area contributed by atoms with E-state index in [2.05, 4.69) is 6.92 Å². The third kappa shape index (κ3) is 4.46. The van der Waals surface area contributed by atoms with E-state index >= 15 is 0 Å².